The first-order valence-electron chi connectivity index (χ1n) is 13.7. The van der Waals surface area contributed by atoms with Crippen molar-refractivity contribution in [1.29, 1.82) is 0 Å². The molecule has 242 valence electrons. The molecule has 4 aromatic rings. The van der Waals surface area contributed by atoms with E-state index in [9.17, 15) is 43.8 Å². The van der Waals surface area contributed by atoms with Crippen molar-refractivity contribution in [3.63, 3.8) is 0 Å². The number of carbonyl (C=O) groups excluding carboxylic acids is 3. The number of aromatic amines is 2. The van der Waals surface area contributed by atoms with Crippen molar-refractivity contribution in [3.8, 4) is 5.75 Å². The number of β-lactam (4-membered cyclic amide) rings is 1. The fraction of sp³-hybridized carbons (Fsp3) is 0.214. The Kier molecular flexibility index (Phi) is 8.24. The maximum Gasteiger partial charge on any atom is 0.352 e. The molecule has 4 heterocycles. The van der Waals surface area contributed by atoms with Crippen LogP contribution in [0.15, 0.2) is 79.3 Å². The number of hydrogen-bond acceptors (Lipinski definition) is 11. The predicted molar refractivity (Wildman–Crippen MR) is 168 cm³/mol. The molecule has 0 aliphatic carbocycles. The highest BCUT2D eigenvalue weighted by Gasteiger charge is 2.54. The van der Waals surface area contributed by atoms with E-state index in [-0.39, 0.29) is 39.2 Å². The van der Waals surface area contributed by atoms with Crippen molar-refractivity contribution < 1.29 is 29.4 Å². The lowest BCUT2D eigenvalue weighted by Crippen LogP contribution is -2.71. The second kappa shape index (κ2) is 12.3. The first-order chi connectivity index (χ1) is 22.5. The van der Waals surface area contributed by atoms with Gasteiger partial charge in [-0.2, -0.15) is 0 Å². The highest BCUT2D eigenvalue weighted by atomic mass is 32.2. The van der Waals surface area contributed by atoms with Crippen LogP contribution in [-0.2, 0) is 21.4 Å². The zero-order valence-corrected chi connectivity index (χ0v) is 25.8. The van der Waals surface area contributed by atoms with E-state index in [0.717, 1.165) is 25.8 Å². The van der Waals surface area contributed by atoms with Gasteiger partial charge in [0.2, 0.25) is 5.91 Å². The number of amides is 3. The summed E-state index contributed by atoms with van der Waals surface area (Å²) in [6.07, 6.45) is 0. The Morgan fingerprint density at radius 1 is 1.11 bits per heavy atom. The second-order valence-electron chi connectivity index (χ2n) is 10.4. The van der Waals surface area contributed by atoms with Gasteiger partial charge in [-0.05, 0) is 35.4 Å². The zero-order chi connectivity index (χ0) is 33.6. The number of carboxylic acids is 1. The van der Waals surface area contributed by atoms with Crippen LogP contribution >= 0.6 is 23.5 Å². The lowest BCUT2D eigenvalue weighted by atomic mass is 10.0. The molecular weight excluding hydrogens is 656 g/mol. The molecule has 3 atom stereocenters. The minimum Gasteiger partial charge on any atom is -0.508 e. The molecule has 2 aliphatic heterocycles. The number of nitrogens with one attached hydrogen (secondary N) is 4. The number of thioether (sulfide) groups is 2. The Morgan fingerprint density at radius 2 is 1.83 bits per heavy atom. The van der Waals surface area contributed by atoms with E-state index in [1.807, 2.05) is 0 Å². The van der Waals surface area contributed by atoms with Crippen molar-refractivity contribution in [2.75, 3.05) is 11.5 Å². The van der Waals surface area contributed by atoms with Gasteiger partial charge < -0.3 is 25.8 Å². The Labute approximate surface area is 270 Å². The van der Waals surface area contributed by atoms with Gasteiger partial charge in [-0.1, -0.05) is 36.0 Å². The summed E-state index contributed by atoms with van der Waals surface area (Å²) in [4.78, 5) is 92.3. The topological polar surface area (TPSA) is 242 Å². The summed E-state index contributed by atoms with van der Waals surface area (Å²) < 4.78 is 1.86. The minimum absolute atomic E-state index is 0.0383. The van der Waals surface area contributed by atoms with Crippen LogP contribution in [0.2, 0.25) is 0 Å². The van der Waals surface area contributed by atoms with Crippen LogP contribution in [0.25, 0.3) is 11.0 Å². The summed E-state index contributed by atoms with van der Waals surface area (Å²) in [6.45, 7) is 0. The number of hydrogen-bond donors (Lipinski definition) is 6. The molecule has 0 bridgehead atoms. The van der Waals surface area contributed by atoms with E-state index in [2.05, 4.69) is 25.8 Å². The molecule has 2 aromatic heterocycles. The average Bonchev–Trinajstić information content (AvgIpc) is 3.40. The summed E-state index contributed by atoms with van der Waals surface area (Å²) >= 11 is 2.21. The molecule has 47 heavy (non-hydrogen) atoms. The number of phenolic OH excluding ortho intramolecular Hbond substituents is 1. The molecule has 2 aromatic carbocycles. The highest BCUT2D eigenvalue weighted by Crippen LogP contribution is 2.41. The number of fused-ring (bicyclic) bond motifs is 2. The van der Waals surface area contributed by atoms with E-state index in [4.69, 9.17) is 0 Å². The van der Waals surface area contributed by atoms with Crippen molar-refractivity contribution >= 4 is 58.4 Å². The number of phenols is 1. The summed E-state index contributed by atoms with van der Waals surface area (Å²) in [6, 6.07) is 8.35. The van der Waals surface area contributed by atoms with Crippen molar-refractivity contribution in [3.05, 3.63) is 96.6 Å². The number of benzene rings is 2. The van der Waals surface area contributed by atoms with Crippen molar-refractivity contribution in [2.24, 2.45) is 7.05 Å². The largest absolute Gasteiger partial charge is 0.508 e. The number of rotatable bonds is 8. The molecule has 2 unspecified atom stereocenters. The number of imidazole rings is 1. The number of carboxylic acid groups (broad SMARTS) is 1. The molecule has 1 fully saturated rings. The second-order valence-corrected chi connectivity index (χ2v) is 12.4. The third-order valence-electron chi connectivity index (χ3n) is 7.51. The molecular formula is C28H24N8O9S2. The van der Waals surface area contributed by atoms with E-state index in [1.54, 1.807) is 24.3 Å². The lowest BCUT2D eigenvalue weighted by molar-refractivity contribution is -0.151. The van der Waals surface area contributed by atoms with E-state index < -0.39 is 58.1 Å². The monoisotopic (exact) mass is 680 g/mol. The van der Waals surface area contributed by atoms with Gasteiger partial charge >= 0.3 is 28.8 Å². The van der Waals surface area contributed by atoms with Crippen LogP contribution < -0.4 is 27.4 Å². The van der Waals surface area contributed by atoms with E-state index in [0.29, 0.717) is 11.1 Å². The van der Waals surface area contributed by atoms with E-state index >= 15 is 0 Å². The zero-order valence-electron chi connectivity index (χ0n) is 24.1. The van der Waals surface area contributed by atoms with Crippen LogP contribution in [0.5, 0.6) is 5.75 Å². The van der Waals surface area contributed by atoms with Crippen LogP contribution in [0.1, 0.15) is 11.6 Å². The minimum atomic E-state index is -1.42. The number of aromatic hydroxyl groups is 1. The van der Waals surface area contributed by atoms with Crippen LogP contribution in [0.3, 0.4) is 0 Å². The summed E-state index contributed by atoms with van der Waals surface area (Å²) in [7, 11) is 1.35. The molecule has 6 N–H and O–H groups in total. The Morgan fingerprint density at radius 3 is 2.55 bits per heavy atom. The fourth-order valence-electron chi connectivity index (χ4n) is 5.18. The molecule has 1 saturated heterocycles. The number of carbonyl (C=O) groups is 4. The fourth-order valence-corrected chi connectivity index (χ4v) is 7.59. The molecule has 0 spiro atoms. The molecule has 3 amide bonds. The van der Waals surface area contributed by atoms with Crippen molar-refractivity contribution in [2.45, 2.75) is 22.6 Å². The average molecular weight is 681 g/mol. The van der Waals surface area contributed by atoms with E-state index in [1.165, 1.54) is 43.1 Å². The lowest BCUT2D eigenvalue weighted by Gasteiger charge is -2.49. The molecule has 19 heteroatoms. The summed E-state index contributed by atoms with van der Waals surface area (Å²) in [5.41, 5.74) is -1.49. The number of H-pyrrole nitrogens is 2. The molecule has 17 nitrogen and oxygen atoms in total. The quantitative estimate of drug-likeness (QED) is 0.0795. The maximum absolute atomic E-state index is 13.7. The first kappa shape index (κ1) is 31.4. The van der Waals surface area contributed by atoms with Gasteiger partial charge in [0.1, 0.15) is 28.9 Å². The van der Waals surface area contributed by atoms with Gasteiger partial charge in [-0.3, -0.25) is 28.6 Å². The molecule has 0 radical (unpaired) electrons. The van der Waals surface area contributed by atoms with Gasteiger partial charge in [-0.15, -0.1) is 16.9 Å². The molecule has 6 rings (SSSR count). The third-order valence-corrected chi connectivity index (χ3v) is 9.97. The smallest absolute Gasteiger partial charge is 0.352 e. The number of para-hydroxylation sites is 2. The standard InChI is InChI=1S/C28H24N8O9S2/c1-34-23(41)21(39)32-33-28(34)47-11-13-10-46-24-18(22(40)36(24)19(13)25(42)43)30-20(38)17(12-6-8-14(37)9-7-12)31-27(45)35-16-5-3-2-4-15(16)29-26(35)44/h2-9,17-18,24,37H,10-11H2,1H3,(H,29,44)(H,30,38)(H,31,45)(H,32,39)(H,42,43)/t17?,18?,24-/m1/s1. The summed E-state index contributed by atoms with van der Waals surface area (Å²) in [5, 5.41) is 30.2. The normalized spacial score (nSPS) is 18.0. The van der Waals surface area contributed by atoms with Gasteiger partial charge in [0.25, 0.3) is 5.91 Å². The SMILES string of the molecule is Cn1c(SCC2=C(C(=O)O)N3C(=O)C(NC(=O)C(NC(=O)n4c(=O)[nH]c5ccccc54)c4ccc(O)cc4)[C@H]3SC2)n[nH]c(=O)c1=O. The number of nitrogens with zero attached hydrogens (tertiary/aromatic N) is 4. The Balaban J connectivity index is 1.22. The summed E-state index contributed by atoms with van der Waals surface area (Å²) in [5.74, 6) is -2.79. The number of aromatic nitrogens is 5. The van der Waals surface area contributed by atoms with Gasteiger partial charge in [0.15, 0.2) is 5.16 Å². The van der Waals surface area contributed by atoms with Gasteiger partial charge in [-0.25, -0.2) is 24.0 Å². The van der Waals surface area contributed by atoms with Gasteiger partial charge in [0.05, 0.1) is 11.0 Å². The Hall–Kier alpha value is -5.56. The maximum atomic E-state index is 13.7. The Bertz CT molecular complexity index is 2170. The van der Waals surface area contributed by atoms with Crippen LogP contribution in [-0.4, -0.2) is 86.2 Å². The predicted octanol–water partition coefficient (Wildman–Crippen LogP) is -0.353. The number of aliphatic carboxylic acids is 1. The van der Waals surface area contributed by atoms with Crippen molar-refractivity contribution in [1.82, 2.24) is 39.8 Å². The van der Waals surface area contributed by atoms with Crippen LogP contribution in [0.4, 0.5) is 4.79 Å². The first-order valence-corrected chi connectivity index (χ1v) is 15.8. The highest BCUT2D eigenvalue weighted by molar-refractivity contribution is 8.01. The third kappa shape index (κ3) is 5.69. The molecule has 2 aliphatic rings. The molecule has 0 saturated carbocycles. The van der Waals surface area contributed by atoms with Crippen LogP contribution in [0, 0.1) is 0 Å². The van der Waals surface area contributed by atoms with Gasteiger partial charge in [0, 0.05) is 18.6 Å².